The first-order valence-corrected chi connectivity index (χ1v) is 11.5. The molecule has 3 aromatic carbocycles. The van der Waals surface area contributed by atoms with Crippen molar-refractivity contribution in [2.75, 3.05) is 12.0 Å². The molecule has 0 unspecified atom stereocenters. The van der Waals surface area contributed by atoms with Gasteiger partial charge < -0.3 is 14.9 Å². The quantitative estimate of drug-likeness (QED) is 0.289. The van der Waals surface area contributed by atoms with Crippen LogP contribution in [0.25, 0.3) is 5.76 Å². The van der Waals surface area contributed by atoms with Gasteiger partial charge in [-0.25, -0.2) is 13.6 Å². The number of Topliss-reactive ketones (excluding diaryl/α,β-unsaturated/α-hetero) is 1. The highest BCUT2D eigenvalue weighted by molar-refractivity contribution is 7.89. The summed E-state index contributed by atoms with van der Waals surface area (Å²) in [6, 6.07) is 16.6. The zero-order valence-electron chi connectivity index (χ0n) is 17.9. The van der Waals surface area contributed by atoms with E-state index in [1.807, 2.05) is 0 Å². The fourth-order valence-electron chi connectivity index (χ4n) is 3.83. The maximum Gasteiger partial charge on any atom is 0.300 e. The fourth-order valence-corrected chi connectivity index (χ4v) is 4.34. The summed E-state index contributed by atoms with van der Waals surface area (Å²) < 4.78 is 28.4. The Bertz CT molecular complexity index is 1420. The van der Waals surface area contributed by atoms with E-state index >= 15 is 0 Å². The smallest absolute Gasteiger partial charge is 0.300 e. The molecule has 0 aromatic heterocycles. The molecule has 0 saturated carbocycles. The van der Waals surface area contributed by atoms with E-state index in [2.05, 4.69) is 0 Å². The number of aliphatic hydroxyl groups is 1. The van der Waals surface area contributed by atoms with Gasteiger partial charge in [0.2, 0.25) is 10.0 Å². The molecule has 1 atom stereocenters. The van der Waals surface area contributed by atoms with E-state index in [0.29, 0.717) is 11.1 Å². The lowest BCUT2D eigenvalue weighted by atomic mass is 9.95. The van der Waals surface area contributed by atoms with E-state index in [4.69, 9.17) is 9.88 Å². The Hall–Kier alpha value is -4.15. The largest absolute Gasteiger partial charge is 0.507 e. The first kappa shape index (κ1) is 23.0. The van der Waals surface area contributed by atoms with Crippen LogP contribution in [0.2, 0.25) is 0 Å². The number of rotatable bonds is 5. The number of carbonyl (C=O) groups excluding carboxylic acids is 2. The zero-order valence-corrected chi connectivity index (χ0v) is 18.7. The Morgan fingerprint density at radius 1 is 1.00 bits per heavy atom. The SMILES string of the molecule is COc1cc([C@H]2C(=C(O)c3ccccc3)C(=O)C(=O)N2c2ccc(S(N)(=O)=O)cc2)ccc1O. The molecule has 1 saturated heterocycles. The van der Waals surface area contributed by atoms with Crippen LogP contribution in [0.3, 0.4) is 0 Å². The maximum atomic E-state index is 13.1. The number of hydrogen-bond acceptors (Lipinski definition) is 7. The Balaban J connectivity index is 1.95. The van der Waals surface area contributed by atoms with Gasteiger partial charge in [-0.1, -0.05) is 36.4 Å². The summed E-state index contributed by atoms with van der Waals surface area (Å²) in [5.74, 6) is -2.26. The lowest BCUT2D eigenvalue weighted by Crippen LogP contribution is -2.29. The van der Waals surface area contributed by atoms with Crippen LogP contribution in [0, 0.1) is 0 Å². The molecule has 1 amide bonds. The van der Waals surface area contributed by atoms with Gasteiger partial charge in [0.25, 0.3) is 11.7 Å². The van der Waals surface area contributed by atoms with Gasteiger partial charge in [-0.05, 0) is 42.0 Å². The van der Waals surface area contributed by atoms with Gasteiger partial charge in [0.05, 0.1) is 23.6 Å². The molecule has 1 aliphatic rings. The molecule has 4 N–H and O–H groups in total. The minimum absolute atomic E-state index is 0.104. The summed E-state index contributed by atoms with van der Waals surface area (Å²) in [6.07, 6.45) is 0. The molecular weight excluding hydrogens is 460 g/mol. The van der Waals surface area contributed by atoms with Gasteiger partial charge in [0, 0.05) is 11.3 Å². The molecule has 0 radical (unpaired) electrons. The first-order chi connectivity index (χ1) is 16.1. The maximum absolute atomic E-state index is 13.1. The third kappa shape index (κ3) is 4.00. The average Bonchev–Trinajstić information content (AvgIpc) is 3.09. The summed E-state index contributed by atoms with van der Waals surface area (Å²) in [4.78, 5) is 27.3. The summed E-state index contributed by atoms with van der Waals surface area (Å²) in [7, 11) is -2.62. The number of phenols is 1. The van der Waals surface area contributed by atoms with Crippen LogP contribution >= 0.6 is 0 Å². The van der Waals surface area contributed by atoms with Gasteiger partial charge in [-0.15, -0.1) is 0 Å². The molecule has 34 heavy (non-hydrogen) atoms. The lowest BCUT2D eigenvalue weighted by Gasteiger charge is -2.26. The highest BCUT2D eigenvalue weighted by atomic mass is 32.2. The lowest BCUT2D eigenvalue weighted by molar-refractivity contribution is -0.132. The number of primary sulfonamides is 1. The van der Waals surface area contributed by atoms with Crippen molar-refractivity contribution in [2.24, 2.45) is 5.14 Å². The number of nitrogens with zero attached hydrogens (tertiary/aromatic N) is 1. The Kier molecular flexibility index (Phi) is 5.86. The van der Waals surface area contributed by atoms with Crippen molar-refractivity contribution in [1.82, 2.24) is 0 Å². The number of phenolic OH excluding ortho intramolecular Hbond substituents is 1. The molecular formula is C24H20N2O7S. The van der Waals surface area contributed by atoms with Crippen LogP contribution in [0.1, 0.15) is 17.2 Å². The van der Waals surface area contributed by atoms with E-state index in [1.165, 1.54) is 49.6 Å². The highest BCUT2D eigenvalue weighted by Crippen LogP contribution is 2.44. The molecule has 1 aliphatic heterocycles. The van der Waals surface area contributed by atoms with Crippen molar-refractivity contribution in [3.63, 3.8) is 0 Å². The predicted molar refractivity (Wildman–Crippen MR) is 124 cm³/mol. The highest BCUT2D eigenvalue weighted by Gasteiger charge is 2.47. The summed E-state index contributed by atoms with van der Waals surface area (Å²) in [6.45, 7) is 0. The third-order valence-electron chi connectivity index (χ3n) is 5.45. The second kappa shape index (κ2) is 8.65. The molecule has 3 aromatic rings. The van der Waals surface area contributed by atoms with Gasteiger partial charge >= 0.3 is 0 Å². The third-order valence-corrected chi connectivity index (χ3v) is 6.38. The van der Waals surface area contributed by atoms with Crippen LogP contribution in [-0.2, 0) is 19.6 Å². The fraction of sp³-hybridized carbons (Fsp3) is 0.0833. The van der Waals surface area contributed by atoms with Gasteiger partial charge in [-0.3, -0.25) is 14.5 Å². The van der Waals surface area contributed by atoms with Crippen molar-refractivity contribution in [2.45, 2.75) is 10.9 Å². The van der Waals surface area contributed by atoms with Crippen molar-refractivity contribution in [1.29, 1.82) is 0 Å². The molecule has 0 bridgehead atoms. The van der Waals surface area contributed by atoms with Gasteiger partial charge in [-0.2, -0.15) is 0 Å². The minimum Gasteiger partial charge on any atom is -0.507 e. The Morgan fingerprint density at radius 2 is 1.65 bits per heavy atom. The van der Waals surface area contributed by atoms with Crippen molar-refractivity contribution in [3.05, 3.63) is 89.5 Å². The number of amides is 1. The van der Waals surface area contributed by atoms with Crippen LogP contribution in [0.4, 0.5) is 5.69 Å². The van der Waals surface area contributed by atoms with Crippen molar-refractivity contribution < 1.29 is 33.0 Å². The van der Waals surface area contributed by atoms with E-state index in [1.54, 1.807) is 30.3 Å². The monoisotopic (exact) mass is 480 g/mol. The molecule has 0 aliphatic carbocycles. The number of anilines is 1. The molecule has 174 valence electrons. The van der Waals surface area contributed by atoms with Crippen LogP contribution in [-0.4, -0.2) is 37.4 Å². The second-order valence-electron chi connectivity index (χ2n) is 7.51. The van der Waals surface area contributed by atoms with E-state index in [-0.39, 0.29) is 33.4 Å². The van der Waals surface area contributed by atoms with E-state index in [0.717, 1.165) is 4.90 Å². The summed E-state index contributed by atoms with van der Waals surface area (Å²) in [5.41, 5.74) is 0.751. The molecule has 0 spiro atoms. The van der Waals surface area contributed by atoms with E-state index < -0.39 is 27.8 Å². The first-order valence-electron chi connectivity index (χ1n) is 9.99. The summed E-state index contributed by atoms with van der Waals surface area (Å²) >= 11 is 0. The van der Waals surface area contributed by atoms with Gasteiger partial charge in [0.15, 0.2) is 11.5 Å². The van der Waals surface area contributed by atoms with E-state index in [9.17, 15) is 28.2 Å². The topological polar surface area (TPSA) is 147 Å². The molecule has 1 heterocycles. The predicted octanol–water partition coefficient (Wildman–Crippen LogP) is 2.67. The zero-order chi connectivity index (χ0) is 24.6. The number of ether oxygens (including phenoxy) is 1. The number of methoxy groups -OCH3 is 1. The normalized spacial score (nSPS) is 17.7. The number of ketones is 1. The number of aromatic hydroxyl groups is 1. The van der Waals surface area contributed by atoms with Crippen LogP contribution in [0.15, 0.2) is 83.3 Å². The standard InChI is InChI=1S/C24H20N2O7S/c1-33-19-13-15(7-12-18(19)27)21-20(22(28)14-5-3-2-4-6-14)23(29)24(30)26(21)16-8-10-17(11-9-16)34(25,31)32/h2-13,21,27-28H,1H3,(H2,25,31,32)/t21-/m0/s1. The second-order valence-corrected chi connectivity index (χ2v) is 9.07. The number of nitrogens with two attached hydrogens (primary N) is 1. The number of benzene rings is 3. The number of hydrogen-bond donors (Lipinski definition) is 3. The molecule has 9 nitrogen and oxygen atoms in total. The molecule has 10 heteroatoms. The van der Waals surface area contributed by atoms with Gasteiger partial charge in [0.1, 0.15) is 5.76 Å². The van der Waals surface area contributed by atoms with Crippen molar-refractivity contribution >= 4 is 33.2 Å². The van der Waals surface area contributed by atoms with Crippen LogP contribution < -0.4 is 14.8 Å². The minimum atomic E-state index is -3.97. The average molecular weight is 480 g/mol. The summed E-state index contributed by atoms with van der Waals surface area (Å²) in [5, 5.41) is 26.2. The number of aliphatic hydroxyl groups excluding tert-OH is 1. The number of sulfonamides is 1. The Labute approximate surface area is 195 Å². The van der Waals surface area contributed by atoms with Crippen LogP contribution in [0.5, 0.6) is 11.5 Å². The van der Waals surface area contributed by atoms with Crippen molar-refractivity contribution in [3.8, 4) is 11.5 Å². The number of carbonyl (C=O) groups is 2. The molecule has 4 rings (SSSR count). The Morgan fingerprint density at radius 3 is 2.24 bits per heavy atom. The molecule has 1 fully saturated rings.